The van der Waals surface area contributed by atoms with E-state index in [4.69, 9.17) is 22.3 Å². The van der Waals surface area contributed by atoms with Gasteiger partial charge in [0.2, 0.25) is 0 Å². The molecule has 4 nitrogen and oxygen atoms in total. The van der Waals surface area contributed by atoms with Gasteiger partial charge in [-0.2, -0.15) is 0 Å². The van der Waals surface area contributed by atoms with E-state index in [2.05, 4.69) is 5.32 Å². The Morgan fingerprint density at radius 2 is 2.00 bits per heavy atom. The van der Waals surface area contributed by atoms with Gasteiger partial charge >= 0.3 is 0 Å². The maximum atomic E-state index is 13.5. The molecule has 0 heterocycles. The van der Waals surface area contributed by atoms with Gasteiger partial charge < -0.3 is 5.32 Å². The van der Waals surface area contributed by atoms with Crippen molar-refractivity contribution in [2.75, 3.05) is 6.54 Å². The Morgan fingerprint density at radius 3 is 2.48 bits per heavy atom. The molecule has 2 rings (SSSR count). The molecule has 0 aliphatic heterocycles. The lowest BCUT2D eigenvalue weighted by molar-refractivity contribution is 0.0938. The van der Waals surface area contributed by atoms with Crippen molar-refractivity contribution in [3.05, 3.63) is 28.3 Å². The summed E-state index contributed by atoms with van der Waals surface area (Å²) in [4.78, 5) is 10.7. The van der Waals surface area contributed by atoms with Crippen molar-refractivity contribution in [3.8, 4) is 0 Å². The highest BCUT2D eigenvalue weighted by atomic mass is 35.7. The van der Waals surface area contributed by atoms with Crippen LogP contribution >= 0.6 is 22.3 Å². The van der Waals surface area contributed by atoms with E-state index < -0.39 is 42.1 Å². The van der Waals surface area contributed by atoms with Crippen molar-refractivity contribution < 1.29 is 22.0 Å². The van der Waals surface area contributed by atoms with Crippen LogP contribution in [0.1, 0.15) is 29.6 Å². The van der Waals surface area contributed by atoms with Crippen molar-refractivity contribution in [1.82, 2.24) is 5.32 Å². The van der Waals surface area contributed by atoms with Crippen LogP contribution in [0.4, 0.5) is 8.78 Å². The molecule has 1 aliphatic rings. The highest BCUT2D eigenvalue weighted by molar-refractivity contribution is 8.13. The number of carbonyl (C=O) groups excluding carboxylic acids is 1. The fourth-order valence-electron chi connectivity index (χ4n) is 1.99. The van der Waals surface area contributed by atoms with Gasteiger partial charge in [-0.15, -0.1) is 0 Å². The van der Waals surface area contributed by atoms with Crippen molar-refractivity contribution in [1.29, 1.82) is 0 Å². The molecular formula is C12H11Cl2F2NO3S. The SMILES string of the molecule is O=C(NCC1CCC1)c1cc(F)c(F)c(S(=O)(=O)Cl)c1Cl. The maximum Gasteiger partial charge on any atom is 0.265 e. The Labute approximate surface area is 129 Å². The van der Waals surface area contributed by atoms with E-state index in [-0.39, 0.29) is 0 Å². The first-order valence-corrected chi connectivity index (χ1v) is 8.81. The summed E-state index contributed by atoms with van der Waals surface area (Å²) >= 11 is 5.70. The highest BCUT2D eigenvalue weighted by Crippen LogP contribution is 2.32. The Balaban J connectivity index is 2.35. The van der Waals surface area contributed by atoms with E-state index in [1.165, 1.54) is 0 Å². The fourth-order valence-corrected chi connectivity index (χ4v) is 3.71. The van der Waals surface area contributed by atoms with E-state index in [1.807, 2.05) is 0 Å². The molecule has 9 heteroatoms. The fraction of sp³-hybridized carbons (Fsp3) is 0.417. The summed E-state index contributed by atoms with van der Waals surface area (Å²) in [5.74, 6) is -3.64. The van der Waals surface area contributed by atoms with Gasteiger partial charge in [0.1, 0.15) is 4.90 Å². The van der Waals surface area contributed by atoms with Crippen molar-refractivity contribution in [2.24, 2.45) is 5.92 Å². The molecule has 1 aliphatic carbocycles. The number of nitrogens with one attached hydrogen (secondary N) is 1. The summed E-state index contributed by atoms with van der Waals surface area (Å²) in [5, 5.41) is 1.79. The summed E-state index contributed by atoms with van der Waals surface area (Å²) in [5.41, 5.74) is -0.464. The minimum atomic E-state index is -4.62. The molecule has 0 atom stereocenters. The molecule has 21 heavy (non-hydrogen) atoms. The molecule has 0 unspecified atom stereocenters. The molecule has 1 aromatic rings. The van der Waals surface area contributed by atoms with Crippen molar-refractivity contribution in [2.45, 2.75) is 24.2 Å². The highest BCUT2D eigenvalue weighted by Gasteiger charge is 2.29. The zero-order valence-corrected chi connectivity index (χ0v) is 13.0. The smallest absolute Gasteiger partial charge is 0.265 e. The van der Waals surface area contributed by atoms with Gasteiger partial charge in [0.05, 0.1) is 10.6 Å². The van der Waals surface area contributed by atoms with Gasteiger partial charge in [-0.25, -0.2) is 17.2 Å². The normalized spacial score (nSPS) is 15.6. The largest absolute Gasteiger partial charge is 0.352 e. The Morgan fingerprint density at radius 1 is 1.38 bits per heavy atom. The number of carbonyl (C=O) groups is 1. The summed E-state index contributed by atoms with van der Waals surface area (Å²) in [6.07, 6.45) is 3.04. The van der Waals surface area contributed by atoms with Crippen molar-refractivity contribution in [3.63, 3.8) is 0 Å². The summed E-state index contributed by atoms with van der Waals surface area (Å²) in [6, 6.07) is 0.555. The lowest BCUT2D eigenvalue weighted by Gasteiger charge is -2.25. The van der Waals surface area contributed by atoms with Crippen LogP contribution in [0.5, 0.6) is 0 Å². The Hall–Kier alpha value is -0.920. The monoisotopic (exact) mass is 357 g/mol. The Kier molecular flexibility index (Phi) is 4.75. The number of rotatable bonds is 4. The summed E-state index contributed by atoms with van der Waals surface area (Å²) in [6.45, 7) is 0.372. The quantitative estimate of drug-likeness (QED) is 0.665. The molecule has 1 saturated carbocycles. The zero-order valence-electron chi connectivity index (χ0n) is 10.6. The lowest BCUT2D eigenvalue weighted by atomic mass is 9.85. The first-order chi connectivity index (χ1) is 9.71. The number of halogens is 4. The van der Waals surface area contributed by atoms with Gasteiger partial charge in [0.15, 0.2) is 11.6 Å². The van der Waals surface area contributed by atoms with E-state index in [1.54, 1.807) is 0 Å². The average Bonchev–Trinajstić information content (AvgIpc) is 2.30. The van der Waals surface area contributed by atoms with E-state index in [9.17, 15) is 22.0 Å². The average molecular weight is 358 g/mol. The molecular weight excluding hydrogens is 347 g/mol. The van der Waals surface area contributed by atoms with E-state index in [0.717, 1.165) is 19.3 Å². The second-order valence-electron chi connectivity index (χ2n) is 4.81. The van der Waals surface area contributed by atoms with Gasteiger partial charge in [0.25, 0.3) is 15.0 Å². The van der Waals surface area contributed by atoms with Gasteiger partial charge in [-0.1, -0.05) is 18.0 Å². The molecule has 1 aromatic carbocycles. The standard InChI is InChI=1S/C12H11Cl2F2NO3S/c13-9-7(12(18)17-5-6-2-1-3-6)4-8(15)10(16)11(9)21(14,19)20/h4,6H,1-3,5H2,(H,17,18). The van der Waals surface area contributed by atoms with Crippen molar-refractivity contribution >= 4 is 37.2 Å². The van der Waals surface area contributed by atoms with Gasteiger partial charge in [0, 0.05) is 17.2 Å². The lowest BCUT2D eigenvalue weighted by Crippen LogP contribution is -2.32. The van der Waals surface area contributed by atoms with Crippen LogP contribution in [0.3, 0.4) is 0 Å². The Bertz CT molecular complexity index is 690. The van der Waals surface area contributed by atoms with Crippen LogP contribution < -0.4 is 5.32 Å². The van der Waals surface area contributed by atoms with E-state index >= 15 is 0 Å². The number of hydrogen-bond donors (Lipinski definition) is 1. The molecule has 0 aromatic heterocycles. The minimum absolute atomic E-state index is 0.342. The molecule has 1 N–H and O–H groups in total. The maximum absolute atomic E-state index is 13.5. The first-order valence-electron chi connectivity index (χ1n) is 6.12. The molecule has 1 amide bonds. The molecule has 0 bridgehead atoms. The van der Waals surface area contributed by atoms with Crippen LogP contribution in [0.15, 0.2) is 11.0 Å². The molecule has 0 saturated heterocycles. The molecule has 0 radical (unpaired) electrons. The third-order valence-electron chi connectivity index (χ3n) is 3.38. The molecule has 1 fully saturated rings. The third-order valence-corrected chi connectivity index (χ3v) is 5.22. The third kappa shape index (κ3) is 3.46. The minimum Gasteiger partial charge on any atom is -0.352 e. The van der Waals surface area contributed by atoms with Crippen LogP contribution in [-0.4, -0.2) is 20.9 Å². The molecule has 116 valence electrons. The summed E-state index contributed by atoms with van der Waals surface area (Å²) in [7, 11) is 0.404. The predicted molar refractivity (Wildman–Crippen MR) is 74.1 cm³/mol. The number of amides is 1. The topological polar surface area (TPSA) is 63.2 Å². The van der Waals surface area contributed by atoms with Crippen LogP contribution in [0.2, 0.25) is 5.02 Å². The second kappa shape index (κ2) is 6.06. The zero-order chi connectivity index (χ0) is 15.8. The molecule has 0 spiro atoms. The van der Waals surface area contributed by atoms with Gasteiger partial charge in [-0.05, 0) is 24.8 Å². The van der Waals surface area contributed by atoms with Crippen LogP contribution in [-0.2, 0) is 9.05 Å². The number of benzene rings is 1. The van der Waals surface area contributed by atoms with E-state index in [0.29, 0.717) is 18.5 Å². The summed E-state index contributed by atoms with van der Waals surface area (Å²) < 4.78 is 49.5. The first kappa shape index (κ1) is 16.5. The van der Waals surface area contributed by atoms with Crippen LogP contribution in [0, 0.1) is 17.6 Å². The second-order valence-corrected chi connectivity index (χ2v) is 7.69. The van der Waals surface area contributed by atoms with Crippen LogP contribution in [0.25, 0.3) is 0 Å². The predicted octanol–water partition coefficient (Wildman–Crippen LogP) is 3.08. The number of hydrogen-bond acceptors (Lipinski definition) is 3. The van der Waals surface area contributed by atoms with Gasteiger partial charge in [-0.3, -0.25) is 4.79 Å².